The molecule has 0 aromatic heterocycles. The van der Waals surface area contributed by atoms with Crippen LogP contribution in [0.15, 0.2) is 10.6 Å². The molecule has 0 amide bonds. The second-order valence-corrected chi connectivity index (χ2v) is 7.75. The van der Waals surface area contributed by atoms with Crippen molar-refractivity contribution in [1.82, 2.24) is 4.90 Å². The topological polar surface area (TPSA) is 49.8 Å². The highest BCUT2D eigenvalue weighted by Crippen LogP contribution is 2.42. The maximum Gasteiger partial charge on any atom is 0.326 e. The van der Waals surface area contributed by atoms with Crippen molar-refractivity contribution >= 4 is 33.7 Å². The molecule has 4 nitrogen and oxygen atoms in total. The normalized spacial score (nSPS) is 20.6. The van der Waals surface area contributed by atoms with Crippen molar-refractivity contribution in [2.24, 2.45) is 0 Å². The zero-order valence-electron chi connectivity index (χ0n) is 11.2. The van der Waals surface area contributed by atoms with E-state index < -0.39 is 5.60 Å². The third kappa shape index (κ3) is 4.48. The highest BCUT2D eigenvalue weighted by molar-refractivity contribution is 9.11. The molecule has 0 spiro atoms. The zero-order valence-corrected chi connectivity index (χ0v) is 13.6. The SMILES string of the molecule is CC1=C(CCO)SC(Br)N1CC(=O)OC(C)(C)C. The van der Waals surface area contributed by atoms with Crippen molar-refractivity contribution in [3.63, 3.8) is 0 Å². The lowest BCUT2D eigenvalue weighted by Gasteiger charge is -2.25. The van der Waals surface area contributed by atoms with Crippen LogP contribution in [0.3, 0.4) is 0 Å². The van der Waals surface area contributed by atoms with Crippen LogP contribution in [0, 0.1) is 0 Å². The Kier molecular flexibility index (Phi) is 5.55. The van der Waals surface area contributed by atoms with E-state index >= 15 is 0 Å². The summed E-state index contributed by atoms with van der Waals surface area (Å²) in [5.41, 5.74) is 0.568. The van der Waals surface area contributed by atoms with Gasteiger partial charge in [-0.05, 0) is 27.7 Å². The molecule has 0 radical (unpaired) electrons. The van der Waals surface area contributed by atoms with E-state index in [4.69, 9.17) is 9.84 Å². The average molecular weight is 338 g/mol. The number of thioether (sulfide) groups is 1. The minimum atomic E-state index is -0.461. The number of hydrogen-bond acceptors (Lipinski definition) is 5. The molecule has 0 aliphatic carbocycles. The number of aliphatic hydroxyl groups is 1. The van der Waals surface area contributed by atoms with Gasteiger partial charge < -0.3 is 14.7 Å². The third-order valence-electron chi connectivity index (χ3n) is 2.38. The molecule has 104 valence electrons. The van der Waals surface area contributed by atoms with Crippen LogP contribution >= 0.6 is 27.7 Å². The van der Waals surface area contributed by atoms with Crippen LogP contribution in [0.5, 0.6) is 0 Å². The Morgan fingerprint density at radius 2 is 2.17 bits per heavy atom. The van der Waals surface area contributed by atoms with Crippen LogP contribution in [0.1, 0.15) is 34.1 Å². The fourth-order valence-electron chi connectivity index (χ4n) is 1.62. The number of hydrogen-bond donors (Lipinski definition) is 1. The van der Waals surface area contributed by atoms with Crippen molar-refractivity contribution in [2.45, 2.75) is 44.0 Å². The zero-order chi connectivity index (χ0) is 13.9. The molecule has 0 saturated carbocycles. The molecule has 1 aliphatic rings. The molecule has 1 aliphatic heterocycles. The predicted molar refractivity (Wildman–Crippen MR) is 77.3 cm³/mol. The highest BCUT2D eigenvalue weighted by atomic mass is 79.9. The van der Waals surface area contributed by atoms with Gasteiger partial charge in [0.2, 0.25) is 0 Å². The Morgan fingerprint density at radius 1 is 1.56 bits per heavy atom. The number of nitrogens with zero attached hydrogens (tertiary/aromatic N) is 1. The number of ether oxygens (including phenoxy) is 1. The van der Waals surface area contributed by atoms with Crippen LogP contribution in [0.2, 0.25) is 0 Å². The van der Waals surface area contributed by atoms with Gasteiger partial charge in [-0.15, -0.1) is 0 Å². The van der Waals surface area contributed by atoms with Gasteiger partial charge in [0.25, 0.3) is 0 Å². The Bertz CT molecular complexity index is 352. The summed E-state index contributed by atoms with van der Waals surface area (Å²) in [5, 5.41) is 8.98. The van der Waals surface area contributed by atoms with E-state index in [1.165, 1.54) is 0 Å². The quantitative estimate of drug-likeness (QED) is 0.485. The summed E-state index contributed by atoms with van der Waals surface area (Å²) in [6, 6.07) is 0. The molecule has 18 heavy (non-hydrogen) atoms. The molecular formula is C12H20BrNO3S. The van der Waals surface area contributed by atoms with Gasteiger partial charge in [0.1, 0.15) is 16.4 Å². The standard InChI is InChI=1S/C12H20BrNO3S/c1-8-9(5-6-15)18-11(13)14(8)7-10(16)17-12(2,3)4/h11,15H,5-7H2,1-4H3. The number of allylic oxidation sites excluding steroid dienone is 1. The van der Waals surface area contributed by atoms with E-state index in [2.05, 4.69) is 15.9 Å². The first-order valence-electron chi connectivity index (χ1n) is 5.84. The first-order chi connectivity index (χ1) is 8.24. The second-order valence-electron chi connectivity index (χ2n) is 5.11. The maximum atomic E-state index is 11.8. The number of halogens is 1. The number of esters is 1. The molecule has 0 aromatic carbocycles. The average Bonchev–Trinajstić information content (AvgIpc) is 2.44. The van der Waals surface area contributed by atoms with Gasteiger partial charge in [0.15, 0.2) is 0 Å². The van der Waals surface area contributed by atoms with Crippen LogP contribution in [-0.2, 0) is 9.53 Å². The maximum absolute atomic E-state index is 11.8. The Labute approximate surface area is 121 Å². The minimum absolute atomic E-state index is 0.0339. The number of aliphatic hydroxyl groups excluding tert-OH is 1. The summed E-state index contributed by atoms with van der Waals surface area (Å²) in [7, 11) is 0. The lowest BCUT2D eigenvalue weighted by atomic mass is 10.2. The molecule has 1 N–H and O–H groups in total. The monoisotopic (exact) mass is 337 g/mol. The van der Waals surface area contributed by atoms with E-state index in [1.807, 2.05) is 32.6 Å². The van der Waals surface area contributed by atoms with Gasteiger partial charge in [-0.25, -0.2) is 0 Å². The van der Waals surface area contributed by atoms with E-state index in [9.17, 15) is 4.79 Å². The smallest absolute Gasteiger partial charge is 0.326 e. The molecule has 6 heteroatoms. The summed E-state index contributed by atoms with van der Waals surface area (Å²) >= 11 is 5.14. The van der Waals surface area contributed by atoms with Gasteiger partial charge in [-0.3, -0.25) is 4.79 Å². The number of rotatable bonds is 4. The Morgan fingerprint density at radius 3 is 2.67 bits per heavy atom. The van der Waals surface area contributed by atoms with Crippen molar-refractivity contribution < 1.29 is 14.6 Å². The molecule has 1 unspecified atom stereocenters. The predicted octanol–water partition coefficient (Wildman–Crippen LogP) is 2.67. The largest absolute Gasteiger partial charge is 0.459 e. The molecule has 1 atom stereocenters. The lowest BCUT2D eigenvalue weighted by Crippen LogP contribution is -2.34. The van der Waals surface area contributed by atoms with Crippen molar-refractivity contribution in [2.75, 3.05) is 13.2 Å². The molecule has 0 fully saturated rings. The summed E-state index contributed by atoms with van der Waals surface area (Å²) in [6.07, 6.45) is 0.628. The first-order valence-corrected chi connectivity index (χ1v) is 7.64. The molecule has 0 bridgehead atoms. The first kappa shape index (κ1) is 15.9. The van der Waals surface area contributed by atoms with Gasteiger partial charge in [-0.2, -0.15) is 0 Å². The van der Waals surface area contributed by atoms with Crippen LogP contribution in [-0.4, -0.2) is 39.0 Å². The third-order valence-corrected chi connectivity index (χ3v) is 4.67. The van der Waals surface area contributed by atoms with Crippen molar-refractivity contribution in [3.05, 3.63) is 10.6 Å². The van der Waals surface area contributed by atoms with Crippen LogP contribution < -0.4 is 0 Å². The lowest BCUT2D eigenvalue weighted by molar-refractivity contribution is -0.155. The number of carbonyl (C=O) groups excluding carboxylic acids is 1. The molecular weight excluding hydrogens is 318 g/mol. The Balaban J connectivity index is 2.64. The molecule has 0 saturated heterocycles. The fraction of sp³-hybridized carbons (Fsp3) is 0.750. The van der Waals surface area contributed by atoms with Crippen molar-refractivity contribution in [3.8, 4) is 0 Å². The van der Waals surface area contributed by atoms with Crippen molar-refractivity contribution in [1.29, 1.82) is 0 Å². The number of carbonyl (C=O) groups is 1. The molecule has 1 heterocycles. The van der Waals surface area contributed by atoms with Gasteiger partial charge in [-0.1, -0.05) is 27.7 Å². The highest BCUT2D eigenvalue weighted by Gasteiger charge is 2.30. The van der Waals surface area contributed by atoms with Gasteiger partial charge in [0.05, 0.1) is 0 Å². The summed E-state index contributed by atoms with van der Waals surface area (Å²) in [4.78, 5) is 14.9. The minimum Gasteiger partial charge on any atom is -0.459 e. The van der Waals surface area contributed by atoms with Gasteiger partial charge in [0, 0.05) is 23.6 Å². The van der Waals surface area contributed by atoms with Crippen LogP contribution in [0.4, 0.5) is 0 Å². The second kappa shape index (κ2) is 6.30. The fourth-order valence-corrected chi connectivity index (χ4v) is 3.84. The van der Waals surface area contributed by atoms with Crippen LogP contribution in [0.25, 0.3) is 0 Å². The molecule has 0 aromatic rings. The van der Waals surface area contributed by atoms with E-state index in [0.29, 0.717) is 6.42 Å². The number of alkyl halides is 1. The summed E-state index contributed by atoms with van der Waals surface area (Å²) < 4.78 is 5.34. The summed E-state index contributed by atoms with van der Waals surface area (Å²) in [6.45, 7) is 7.88. The van der Waals surface area contributed by atoms with E-state index in [-0.39, 0.29) is 23.4 Å². The van der Waals surface area contributed by atoms with E-state index in [1.54, 1.807) is 11.8 Å². The molecule has 1 rings (SSSR count). The summed E-state index contributed by atoms with van der Waals surface area (Å²) in [5.74, 6) is -0.239. The Hall–Kier alpha value is -0.200. The van der Waals surface area contributed by atoms with E-state index in [0.717, 1.165) is 10.6 Å². The van der Waals surface area contributed by atoms with Gasteiger partial charge >= 0.3 is 5.97 Å².